The molecule has 6 nitrogen and oxygen atoms in total. The molecule has 0 radical (unpaired) electrons. The van der Waals surface area contributed by atoms with Crippen LogP contribution in [0.3, 0.4) is 0 Å². The lowest BCUT2D eigenvalue weighted by Gasteiger charge is -2.45. The second-order valence-electron chi connectivity index (χ2n) is 16.7. The highest BCUT2D eigenvalue weighted by Crippen LogP contribution is 2.60. The van der Waals surface area contributed by atoms with E-state index >= 15 is 0 Å². The Morgan fingerprint density at radius 1 is 0.391 bits per heavy atom. The van der Waals surface area contributed by atoms with Crippen LogP contribution in [0.25, 0.3) is 94.7 Å². The first-order valence-electron chi connectivity index (χ1n) is 21.6. The van der Waals surface area contributed by atoms with E-state index in [0.29, 0.717) is 17.5 Å². The number of hydrogen-bond donors (Lipinski definition) is 0. The lowest BCUT2D eigenvalue weighted by atomic mass is 9.61. The predicted octanol–water partition coefficient (Wildman–Crippen LogP) is 14.3. The third kappa shape index (κ3) is 4.82. The summed E-state index contributed by atoms with van der Waals surface area (Å²) in [6.07, 6.45) is 0. The molecule has 298 valence electrons. The molecule has 14 rings (SSSR count). The van der Waals surface area contributed by atoms with Gasteiger partial charge in [-0.3, -0.25) is 0 Å². The minimum Gasteiger partial charge on any atom is -0.457 e. The SMILES string of the molecule is c1ccc(-c2nc(-c3ccccc3)nc(-c3cccc4oc5ccc(-c6ccc7c(c6)C6(c8ccccc8Oc8ccccc86)c6cccc8c9ccccc9n-7c68)cc5c34)n2)cc1. The summed E-state index contributed by atoms with van der Waals surface area (Å²) in [6, 6.07) is 72.6. The van der Waals surface area contributed by atoms with Gasteiger partial charge >= 0.3 is 0 Å². The summed E-state index contributed by atoms with van der Waals surface area (Å²) in [5.41, 5.74) is 14.0. The summed E-state index contributed by atoms with van der Waals surface area (Å²) < 4.78 is 15.8. The van der Waals surface area contributed by atoms with Gasteiger partial charge in [0, 0.05) is 49.4 Å². The second-order valence-corrected chi connectivity index (χ2v) is 16.7. The number of fused-ring (bicyclic) bond motifs is 14. The van der Waals surface area contributed by atoms with Gasteiger partial charge in [-0.15, -0.1) is 0 Å². The van der Waals surface area contributed by atoms with Crippen LogP contribution in [0.15, 0.2) is 211 Å². The zero-order valence-corrected chi connectivity index (χ0v) is 34.2. The molecule has 0 bridgehead atoms. The highest BCUT2D eigenvalue weighted by atomic mass is 16.5. The number of ether oxygens (including phenoxy) is 1. The largest absolute Gasteiger partial charge is 0.457 e. The van der Waals surface area contributed by atoms with Crippen molar-refractivity contribution in [1.82, 2.24) is 19.5 Å². The van der Waals surface area contributed by atoms with E-state index in [1.54, 1.807) is 0 Å². The van der Waals surface area contributed by atoms with Gasteiger partial charge in [-0.2, -0.15) is 0 Å². The van der Waals surface area contributed by atoms with Crippen LogP contribution in [0.4, 0.5) is 0 Å². The first kappa shape index (κ1) is 35.0. The van der Waals surface area contributed by atoms with Crippen molar-refractivity contribution in [2.75, 3.05) is 0 Å². The maximum atomic E-state index is 6.74. The third-order valence-electron chi connectivity index (χ3n) is 13.3. The molecule has 12 aromatic rings. The quantitative estimate of drug-likeness (QED) is 0.177. The molecule has 1 spiro atoms. The highest BCUT2D eigenvalue weighted by Gasteiger charge is 2.50. The van der Waals surface area contributed by atoms with Gasteiger partial charge in [-0.25, -0.2) is 15.0 Å². The fraction of sp³-hybridized carbons (Fsp3) is 0.0172. The smallest absolute Gasteiger partial charge is 0.164 e. The first-order chi connectivity index (χ1) is 31.7. The van der Waals surface area contributed by atoms with Crippen molar-refractivity contribution < 1.29 is 9.15 Å². The van der Waals surface area contributed by atoms with E-state index in [9.17, 15) is 0 Å². The van der Waals surface area contributed by atoms with Crippen LogP contribution in [0, 0.1) is 0 Å². The summed E-state index contributed by atoms with van der Waals surface area (Å²) in [6.45, 7) is 0. The lowest BCUT2D eigenvalue weighted by Crippen LogP contribution is -2.37. The molecule has 6 heteroatoms. The maximum absolute atomic E-state index is 6.74. The van der Waals surface area contributed by atoms with Crippen molar-refractivity contribution >= 4 is 43.7 Å². The summed E-state index contributed by atoms with van der Waals surface area (Å²) in [5.74, 6) is 3.54. The van der Waals surface area contributed by atoms with Gasteiger partial charge in [-0.05, 0) is 70.8 Å². The number of hydrogen-bond acceptors (Lipinski definition) is 5. The Morgan fingerprint density at radius 2 is 0.984 bits per heavy atom. The van der Waals surface area contributed by atoms with Crippen molar-refractivity contribution in [1.29, 1.82) is 0 Å². The topological polar surface area (TPSA) is 66.0 Å². The van der Waals surface area contributed by atoms with E-state index in [-0.39, 0.29) is 0 Å². The van der Waals surface area contributed by atoms with E-state index in [1.807, 2.05) is 72.8 Å². The molecule has 0 aliphatic carbocycles. The van der Waals surface area contributed by atoms with E-state index < -0.39 is 5.41 Å². The zero-order chi connectivity index (χ0) is 41.9. The Labute approximate surface area is 367 Å². The fourth-order valence-corrected chi connectivity index (χ4v) is 10.6. The molecule has 2 aliphatic rings. The van der Waals surface area contributed by atoms with Crippen molar-refractivity contribution in [2.24, 2.45) is 0 Å². The van der Waals surface area contributed by atoms with Crippen LogP contribution in [0.2, 0.25) is 0 Å². The monoisotopic (exact) mass is 818 g/mol. The number of benzene rings is 9. The number of nitrogens with zero attached hydrogens (tertiary/aromatic N) is 4. The van der Waals surface area contributed by atoms with Crippen LogP contribution in [0.1, 0.15) is 22.3 Å². The van der Waals surface area contributed by atoms with Crippen LogP contribution < -0.4 is 4.74 Å². The molecule has 0 atom stereocenters. The Morgan fingerprint density at radius 3 is 1.73 bits per heavy atom. The third-order valence-corrected chi connectivity index (χ3v) is 13.3. The molecule has 3 aromatic heterocycles. The van der Waals surface area contributed by atoms with E-state index in [1.165, 1.54) is 32.9 Å². The maximum Gasteiger partial charge on any atom is 0.164 e. The molecule has 0 saturated carbocycles. The molecule has 0 saturated heterocycles. The summed E-state index contributed by atoms with van der Waals surface area (Å²) >= 11 is 0. The van der Waals surface area contributed by atoms with Crippen LogP contribution in [0.5, 0.6) is 11.5 Å². The van der Waals surface area contributed by atoms with Gasteiger partial charge in [0.25, 0.3) is 0 Å². The Balaban J connectivity index is 1.02. The van der Waals surface area contributed by atoms with E-state index in [4.69, 9.17) is 24.1 Å². The zero-order valence-electron chi connectivity index (χ0n) is 34.2. The van der Waals surface area contributed by atoms with Gasteiger partial charge in [0.1, 0.15) is 22.7 Å². The summed E-state index contributed by atoms with van der Waals surface area (Å²) in [7, 11) is 0. The lowest BCUT2D eigenvalue weighted by molar-refractivity contribution is 0.434. The molecule has 5 heterocycles. The molecule has 0 amide bonds. The number of rotatable bonds is 4. The van der Waals surface area contributed by atoms with Gasteiger partial charge in [0.2, 0.25) is 0 Å². The van der Waals surface area contributed by atoms with Crippen molar-refractivity contribution in [2.45, 2.75) is 5.41 Å². The molecular formula is C58H34N4O2. The van der Waals surface area contributed by atoms with E-state index in [0.717, 1.165) is 78.1 Å². The Bertz CT molecular complexity index is 3780. The average molecular weight is 819 g/mol. The molecule has 9 aromatic carbocycles. The van der Waals surface area contributed by atoms with Gasteiger partial charge in [0.15, 0.2) is 17.5 Å². The molecule has 0 N–H and O–H groups in total. The van der Waals surface area contributed by atoms with Crippen LogP contribution in [-0.4, -0.2) is 19.5 Å². The average Bonchev–Trinajstić information content (AvgIpc) is 3.92. The predicted molar refractivity (Wildman–Crippen MR) is 255 cm³/mol. The van der Waals surface area contributed by atoms with Gasteiger partial charge in [0.05, 0.1) is 22.1 Å². The first-order valence-corrected chi connectivity index (χ1v) is 21.6. The summed E-state index contributed by atoms with van der Waals surface area (Å²) in [5, 5.41) is 4.42. The molecule has 0 fully saturated rings. The van der Waals surface area contributed by atoms with Gasteiger partial charge < -0.3 is 13.7 Å². The Kier molecular flexibility index (Phi) is 7.22. The number of para-hydroxylation sites is 4. The van der Waals surface area contributed by atoms with Crippen molar-refractivity contribution in [3.8, 4) is 62.5 Å². The Hall–Kier alpha value is -8.61. The minimum absolute atomic E-state index is 0.586. The number of aromatic nitrogens is 4. The fourth-order valence-electron chi connectivity index (χ4n) is 10.6. The number of furan rings is 1. The molecule has 0 unspecified atom stereocenters. The summed E-state index contributed by atoms with van der Waals surface area (Å²) in [4.78, 5) is 15.2. The van der Waals surface area contributed by atoms with E-state index in [2.05, 4.69) is 138 Å². The highest BCUT2D eigenvalue weighted by molar-refractivity contribution is 6.14. The second kappa shape index (κ2) is 13.2. The molecule has 2 aliphatic heterocycles. The van der Waals surface area contributed by atoms with Crippen molar-refractivity contribution in [3.63, 3.8) is 0 Å². The van der Waals surface area contributed by atoms with Crippen LogP contribution >= 0.6 is 0 Å². The van der Waals surface area contributed by atoms with Crippen molar-refractivity contribution in [3.05, 3.63) is 229 Å². The van der Waals surface area contributed by atoms with Crippen LogP contribution in [-0.2, 0) is 5.41 Å². The normalized spacial score (nSPS) is 13.2. The standard InChI is InChI=1S/C58H34N4O2/c1-3-15-35(16-4-1)55-59-56(36-17-5-2-6-18-36)61-57(60-55)41-21-14-28-52-53(41)42-33-37(30-32-49(42)63-52)38-29-31-48-46(34-38)58(43-22-8-11-26-50(43)64-51-27-12-9-23-44(51)58)45-24-13-20-40-39-19-7-10-25-47(39)62(48)54(40)45/h1-34H. The van der Waals surface area contributed by atoms with Gasteiger partial charge in [-0.1, -0.05) is 158 Å². The minimum atomic E-state index is -0.675. The molecular weight excluding hydrogens is 785 g/mol. The molecule has 64 heavy (non-hydrogen) atoms.